The molecule has 0 radical (unpaired) electrons. The molecule has 3 aromatic carbocycles. The van der Waals surface area contributed by atoms with Crippen LogP contribution in [0.5, 0.6) is 0 Å². The third-order valence-electron chi connectivity index (χ3n) is 4.53. The number of amides is 2. The number of hydrogen-bond donors (Lipinski definition) is 2. The molecule has 3 aromatic rings. The van der Waals surface area contributed by atoms with Crippen LogP contribution >= 0.6 is 23.4 Å². The van der Waals surface area contributed by atoms with E-state index in [0.717, 1.165) is 21.7 Å². The Hall–Kier alpha value is -2.76. The lowest BCUT2D eigenvalue weighted by atomic mass is 10.1. The van der Waals surface area contributed by atoms with Crippen LogP contribution < -0.4 is 10.6 Å². The van der Waals surface area contributed by atoms with E-state index in [-0.39, 0.29) is 17.1 Å². The minimum Gasteiger partial charge on any atom is -0.325 e. The van der Waals surface area contributed by atoms with Crippen LogP contribution in [0.15, 0.2) is 71.6 Å². The van der Waals surface area contributed by atoms with Gasteiger partial charge in [-0.25, -0.2) is 0 Å². The Morgan fingerprint density at radius 2 is 1.67 bits per heavy atom. The number of carbonyl (C=O) groups excluding carboxylic acids is 2. The molecular formula is C24H23ClN2O2S. The molecule has 2 amide bonds. The number of rotatable bonds is 6. The molecule has 0 bridgehead atoms. The van der Waals surface area contributed by atoms with Crippen molar-refractivity contribution in [3.05, 3.63) is 88.4 Å². The quantitative estimate of drug-likeness (QED) is 0.442. The standard InChI is InChI=1S/C24H23ClN2O2S/c1-15-7-8-16(2)22(13-15)27-23(28)17(3)30-21-11-9-20(10-12-21)26-24(29)18-5-4-6-19(25)14-18/h4-14,17H,1-3H3,(H,26,29)(H,27,28). The maximum Gasteiger partial charge on any atom is 0.255 e. The van der Waals surface area contributed by atoms with Crippen molar-refractivity contribution in [1.82, 2.24) is 0 Å². The minimum atomic E-state index is -0.267. The van der Waals surface area contributed by atoms with Gasteiger partial charge in [0.05, 0.1) is 5.25 Å². The maximum atomic E-state index is 12.6. The van der Waals surface area contributed by atoms with E-state index in [2.05, 4.69) is 10.6 Å². The molecule has 0 aliphatic rings. The van der Waals surface area contributed by atoms with Crippen molar-refractivity contribution in [2.75, 3.05) is 10.6 Å². The highest BCUT2D eigenvalue weighted by Crippen LogP contribution is 2.26. The van der Waals surface area contributed by atoms with Gasteiger partial charge < -0.3 is 10.6 Å². The van der Waals surface area contributed by atoms with Gasteiger partial charge in [-0.15, -0.1) is 11.8 Å². The van der Waals surface area contributed by atoms with Crippen molar-refractivity contribution in [3.63, 3.8) is 0 Å². The van der Waals surface area contributed by atoms with E-state index in [1.165, 1.54) is 11.8 Å². The van der Waals surface area contributed by atoms with Crippen LogP contribution in [-0.2, 0) is 4.79 Å². The Kier molecular flexibility index (Phi) is 7.19. The van der Waals surface area contributed by atoms with Crippen molar-refractivity contribution in [3.8, 4) is 0 Å². The second kappa shape index (κ2) is 9.83. The number of hydrogen-bond acceptors (Lipinski definition) is 3. The molecule has 0 heterocycles. The summed E-state index contributed by atoms with van der Waals surface area (Å²) in [6.07, 6.45) is 0. The molecule has 0 fully saturated rings. The van der Waals surface area contributed by atoms with E-state index in [1.807, 2.05) is 63.2 Å². The first-order valence-electron chi connectivity index (χ1n) is 9.53. The van der Waals surface area contributed by atoms with Crippen LogP contribution in [0, 0.1) is 13.8 Å². The monoisotopic (exact) mass is 438 g/mol. The average molecular weight is 439 g/mol. The molecule has 154 valence electrons. The number of aryl methyl sites for hydroxylation is 2. The molecule has 30 heavy (non-hydrogen) atoms. The third kappa shape index (κ3) is 5.88. The summed E-state index contributed by atoms with van der Waals surface area (Å²) in [5.41, 5.74) is 4.15. The van der Waals surface area contributed by atoms with Crippen LogP contribution in [0.2, 0.25) is 5.02 Å². The summed E-state index contributed by atoms with van der Waals surface area (Å²) in [5, 5.41) is 6.10. The number of thioether (sulfide) groups is 1. The van der Waals surface area contributed by atoms with Gasteiger partial charge in [-0.3, -0.25) is 9.59 Å². The molecule has 4 nitrogen and oxygen atoms in total. The second-order valence-corrected chi connectivity index (χ2v) is 8.91. The molecule has 1 atom stereocenters. The number of nitrogens with one attached hydrogen (secondary N) is 2. The summed E-state index contributed by atoms with van der Waals surface area (Å²) in [6.45, 7) is 5.85. The Morgan fingerprint density at radius 1 is 0.933 bits per heavy atom. The van der Waals surface area contributed by atoms with Crippen molar-refractivity contribution in [1.29, 1.82) is 0 Å². The van der Waals surface area contributed by atoms with E-state index < -0.39 is 0 Å². The molecule has 3 rings (SSSR count). The van der Waals surface area contributed by atoms with Gasteiger partial charge in [-0.2, -0.15) is 0 Å². The molecule has 0 aliphatic heterocycles. The first kappa shape index (κ1) is 21.9. The Labute approximate surface area is 186 Å². The van der Waals surface area contributed by atoms with Crippen LogP contribution in [0.4, 0.5) is 11.4 Å². The lowest BCUT2D eigenvalue weighted by Gasteiger charge is -2.14. The van der Waals surface area contributed by atoms with Gasteiger partial charge in [-0.05, 0) is 80.4 Å². The summed E-state index contributed by atoms with van der Waals surface area (Å²) < 4.78 is 0. The van der Waals surface area contributed by atoms with E-state index in [1.54, 1.807) is 24.3 Å². The molecule has 6 heteroatoms. The fraction of sp³-hybridized carbons (Fsp3) is 0.167. The van der Waals surface area contributed by atoms with Crippen LogP contribution in [0.1, 0.15) is 28.4 Å². The Bertz CT molecular complexity index is 1070. The van der Waals surface area contributed by atoms with Crippen LogP contribution in [-0.4, -0.2) is 17.1 Å². The van der Waals surface area contributed by atoms with Gasteiger partial charge in [0.25, 0.3) is 5.91 Å². The summed E-state index contributed by atoms with van der Waals surface area (Å²) in [7, 11) is 0. The summed E-state index contributed by atoms with van der Waals surface area (Å²) in [4.78, 5) is 25.8. The third-order valence-corrected chi connectivity index (χ3v) is 5.88. The summed E-state index contributed by atoms with van der Waals surface area (Å²) >= 11 is 7.40. The van der Waals surface area contributed by atoms with Crippen LogP contribution in [0.25, 0.3) is 0 Å². The maximum absolute atomic E-state index is 12.6. The zero-order valence-corrected chi connectivity index (χ0v) is 18.6. The fourth-order valence-electron chi connectivity index (χ4n) is 2.81. The average Bonchev–Trinajstić information content (AvgIpc) is 2.72. The topological polar surface area (TPSA) is 58.2 Å². The molecule has 0 aromatic heterocycles. The van der Waals surface area contributed by atoms with Crippen molar-refractivity contribution >= 4 is 46.6 Å². The number of halogens is 1. The number of benzene rings is 3. The SMILES string of the molecule is Cc1ccc(C)c(NC(=O)C(C)Sc2ccc(NC(=O)c3cccc(Cl)c3)cc2)c1. The highest BCUT2D eigenvalue weighted by Gasteiger charge is 2.16. The predicted octanol–water partition coefficient (Wildman–Crippen LogP) is 6.33. The lowest BCUT2D eigenvalue weighted by Crippen LogP contribution is -2.22. The molecule has 1 unspecified atom stereocenters. The van der Waals surface area contributed by atoms with Crippen molar-refractivity contribution in [2.45, 2.75) is 30.9 Å². The smallest absolute Gasteiger partial charge is 0.255 e. The van der Waals surface area contributed by atoms with Gasteiger partial charge in [0.1, 0.15) is 0 Å². The van der Waals surface area contributed by atoms with Gasteiger partial charge in [0.15, 0.2) is 0 Å². The van der Waals surface area contributed by atoms with Crippen molar-refractivity contribution in [2.24, 2.45) is 0 Å². The normalized spacial score (nSPS) is 11.6. The van der Waals surface area contributed by atoms with E-state index in [9.17, 15) is 9.59 Å². The molecule has 2 N–H and O–H groups in total. The highest BCUT2D eigenvalue weighted by atomic mass is 35.5. The Balaban J connectivity index is 1.58. The summed E-state index contributed by atoms with van der Waals surface area (Å²) in [6, 6.07) is 20.2. The number of anilines is 2. The zero-order chi connectivity index (χ0) is 21.7. The minimum absolute atomic E-state index is 0.0490. The van der Waals surface area contributed by atoms with Gasteiger partial charge in [0.2, 0.25) is 5.91 Å². The molecule has 0 saturated heterocycles. The number of carbonyl (C=O) groups is 2. The predicted molar refractivity (Wildman–Crippen MR) is 126 cm³/mol. The van der Waals surface area contributed by atoms with Gasteiger partial charge in [-0.1, -0.05) is 29.8 Å². The van der Waals surface area contributed by atoms with Gasteiger partial charge >= 0.3 is 0 Å². The second-order valence-electron chi connectivity index (χ2n) is 7.06. The van der Waals surface area contributed by atoms with E-state index >= 15 is 0 Å². The van der Waals surface area contributed by atoms with Gasteiger partial charge in [0, 0.05) is 26.9 Å². The highest BCUT2D eigenvalue weighted by molar-refractivity contribution is 8.00. The first-order valence-corrected chi connectivity index (χ1v) is 10.8. The molecule has 0 aliphatic carbocycles. The molecule has 0 spiro atoms. The lowest BCUT2D eigenvalue weighted by molar-refractivity contribution is -0.115. The largest absolute Gasteiger partial charge is 0.325 e. The first-order chi connectivity index (χ1) is 14.3. The zero-order valence-electron chi connectivity index (χ0n) is 17.0. The summed E-state index contributed by atoms with van der Waals surface area (Å²) in [5.74, 6) is -0.272. The molecular weight excluding hydrogens is 416 g/mol. The van der Waals surface area contributed by atoms with E-state index in [0.29, 0.717) is 16.3 Å². The molecule has 0 saturated carbocycles. The van der Waals surface area contributed by atoms with Crippen LogP contribution in [0.3, 0.4) is 0 Å². The fourth-order valence-corrected chi connectivity index (χ4v) is 3.87. The van der Waals surface area contributed by atoms with E-state index in [4.69, 9.17) is 11.6 Å². The van der Waals surface area contributed by atoms with Crippen molar-refractivity contribution < 1.29 is 9.59 Å². The Morgan fingerprint density at radius 3 is 2.37 bits per heavy atom.